The van der Waals surface area contributed by atoms with Crippen LogP contribution >= 0.6 is 0 Å². The van der Waals surface area contributed by atoms with Crippen molar-refractivity contribution in [1.82, 2.24) is 10.1 Å². The van der Waals surface area contributed by atoms with E-state index in [1.165, 1.54) is 19.3 Å². The highest BCUT2D eigenvalue weighted by molar-refractivity contribution is 7.91. The van der Waals surface area contributed by atoms with Gasteiger partial charge in [-0.2, -0.15) is 4.98 Å². The van der Waals surface area contributed by atoms with Crippen molar-refractivity contribution >= 4 is 15.9 Å². The van der Waals surface area contributed by atoms with Crippen molar-refractivity contribution < 1.29 is 17.7 Å². The maximum Gasteiger partial charge on any atom is 0.324 e. The number of ether oxygens (including phenoxy) is 1. The number of piperidine rings is 1. The zero-order valence-corrected chi connectivity index (χ0v) is 19.5. The van der Waals surface area contributed by atoms with Crippen LogP contribution in [0.25, 0.3) is 0 Å². The lowest BCUT2D eigenvalue weighted by molar-refractivity contribution is 0.282. The van der Waals surface area contributed by atoms with E-state index in [1.807, 2.05) is 0 Å². The number of nitrogens with zero attached hydrogens (tertiary/aromatic N) is 3. The van der Waals surface area contributed by atoms with Crippen molar-refractivity contribution in [2.24, 2.45) is 17.8 Å². The van der Waals surface area contributed by atoms with Gasteiger partial charge in [0, 0.05) is 19.0 Å². The van der Waals surface area contributed by atoms with Crippen molar-refractivity contribution in [3.05, 3.63) is 30.1 Å². The van der Waals surface area contributed by atoms with Crippen molar-refractivity contribution in [3.8, 4) is 5.75 Å². The molecule has 1 saturated carbocycles. The van der Waals surface area contributed by atoms with Gasteiger partial charge in [0.1, 0.15) is 5.75 Å². The summed E-state index contributed by atoms with van der Waals surface area (Å²) in [6, 6.07) is 7.45. The van der Waals surface area contributed by atoms with Crippen LogP contribution in [-0.4, -0.2) is 44.0 Å². The second kappa shape index (κ2) is 9.18. The van der Waals surface area contributed by atoms with Crippen LogP contribution in [-0.2, 0) is 9.84 Å². The van der Waals surface area contributed by atoms with E-state index in [0.29, 0.717) is 17.5 Å². The van der Waals surface area contributed by atoms with Gasteiger partial charge in [0.15, 0.2) is 15.7 Å². The topological polar surface area (TPSA) is 85.5 Å². The normalized spacial score (nSPS) is 22.1. The number of sulfone groups is 1. The van der Waals surface area contributed by atoms with Crippen LogP contribution in [0.4, 0.5) is 6.01 Å². The zero-order chi connectivity index (χ0) is 22.0. The fourth-order valence-corrected chi connectivity index (χ4v) is 5.41. The Balaban J connectivity index is 1.17. The Hall–Kier alpha value is -2.09. The van der Waals surface area contributed by atoms with Crippen molar-refractivity contribution in [2.75, 3.05) is 30.3 Å². The summed E-state index contributed by atoms with van der Waals surface area (Å²) in [5.41, 5.74) is 0. The highest BCUT2D eigenvalue weighted by Crippen LogP contribution is 2.50. The summed E-state index contributed by atoms with van der Waals surface area (Å²) >= 11 is 0. The molecule has 8 heteroatoms. The summed E-state index contributed by atoms with van der Waals surface area (Å²) in [4.78, 5) is 7.10. The Morgan fingerprint density at radius 3 is 2.52 bits per heavy atom. The van der Waals surface area contributed by atoms with Gasteiger partial charge in [0.2, 0.25) is 0 Å². The van der Waals surface area contributed by atoms with E-state index in [4.69, 9.17) is 9.26 Å². The van der Waals surface area contributed by atoms with Crippen LogP contribution in [0.3, 0.4) is 0 Å². The number of hydrogen-bond acceptors (Lipinski definition) is 7. The first-order valence-corrected chi connectivity index (χ1v) is 13.1. The van der Waals surface area contributed by atoms with Crippen LogP contribution in [0, 0.1) is 17.8 Å². The van der Waals surface area contributed by atoms with Crippen LogP contribution in [0.15, 0.2) is 33.7 Å². The summed E-state index contributed by atoms with van der Waals surface area (Å²) in [5.74, 6) is 4.23. The zero-order valence-electron chi connectivity index (χ0n) is 18.7. The van der Waals surface area contributed by atoms with E-state index in [1.54, 1.807) is 31.2 Å². The quantitative estimate of drug-likeness (QED) is 0.566. The molecule has 0 spiro atoms. The summed E-state index contributed by atoms with van der Waals surface area (Å²) in [6.07, 6.45) is 4.70. The van der Waals surface area contributed by atoms with E-state index in [9.17, 15) is 8.42 Å². The van der Waals surface area contributed by atoms with Crippen molar-refractivity contribution in [1.29, 1.82) is 0 Å². The molecule has 2 fully saturated rings. The molecule has 2 aromatic rings. The molecule has 2 aliphatic rings. The molecule has 2 heterocycles. The number of anilines is 1. The van der Waals surface area contributed by atoms with Gasteiger partial charge in [0.25, 0.3) is 0 Å². The monoisotopic (exact) mass is 447 g/mol. The molecular weight excluding hydrogens is 414 g/mol. The van der Waals surface area contributed by atoms with Crippen molar-refractivity contribution in [3.63, 3.8) is 0 Å². The Bertz CT molecular complexity index is 963. The number of benzene rings is 1. The molecule has 1 aliphatic carbocycles. The first kappa shape index (κ1) is 22.1. The third kappa shape index (κ3) is 5.22. The molecule has 31 heavy (non-hydrogen) atoms. The van der Waals surface area contributed by atoms with Crippen LogP contribution in [0.1, 0.15) is 58.2 Å². The lowest BCUT2D eigenvalue weighted by Crippen LogP contribution is -2.34. The van der Waals surface area contributed by atoms with Crippen LogP contribution in [0.2, 0.25) is 0 Å². The maximum absolute atomic E-state index is 11.9. The molecule has 0 radical (unpaired) electrons. The molecule has 4 rings (SSSR count). The second-order valence-corrected chi connectivity index (χ2v) is 11.4. The van der Waals surface area contributed by atoms with Crippen molar-refractivity contribution in [2.45, 2.75) is 57.3 Å². The van der Waals surface area contributed by atoms with Gasteiger partial charge in [-0.05, 0) is 67.7 Å². The molecule has 170 valence electrons. The summed E-state index contributed by atoms with van der Waals surface area (Å²) in [7, 11) is -3.16. The minimum absolute atomic E-state index is 0.114. The third-order valence-electron chi connectivity index (χ3n) is 6.66. The van der Waals surface area contributed by atoms with Gasteiger partial charge in [-0.1, -0.05) is 25.9 Å². The smallest absolute Gasteiger partial charge is 0.324 e. The van der Waals surface area contributed by atoms with E-state index in [2.05, 4.69) is 28.9 Å². The minimum Gasteiger partial charge on any atom is -0.494 e. The first-order chi connectivity index (χ1) is 14.9. The number of hydrogen-bond donors (Lipinski definition) is 0. The molecule has 1 saturated heterocycles. The third-order valence-corrected chi connectivity index (χ3v) is 8.41. The lowest BCUT2D eigenvalue weighted by Gasteiger charge is -2.30. The Labute approximate surface area is 185 Å². The molecule has 1 aliphatic heterocycles. The molecule has 0 bridgehead atoms. The summed E-state index contributed by atoms with van der Waals surface area (Å²) in [6.45, 7) is 8.45. The van der Waals surface area contributed by atoms with E-state index in [0.717, 1.165) is 48.8 Å². The largest absolute Gasteiger partial charge is 0.494 e. The summed E-state index contributed by atoms with van der Waals surface area (Å²) in [5, 5.41) is 4.08. The van der Waals surface area contributed by atoms with E-state index < -0.39 is 9.84 Å². The van der Waals surface area contributed by atoms with E-state index in [-0.39, 0.29) is 11.7 Å². The standard InChI is InChI=1S/C23H33N3O4S/c1-4-31(27,28)20-7-5-19(6-8-20)29-14-11-18-15-21(18)17-9-12-26(13-10-17)23-24-22(16(2)3)25-30-23/h5-8,16-18,21H,4,9-15H2,1-3H3. The molecule has 0 amide bonds. The van der Waals surface area contributed by atoms with Gasteiger partial charge < -0.3 is 14.2 Å². The highest BCUT2D eigenvalue weighted by atomic mass is 32.2. The van der Waals surface area contributed by atoms with Crippen LogP contribution < -0.4 is 9.64 Å². The number of aromatic nitrogens is 2. The molecule has 2 atom stereocenters. The van der Waals surface area contributed by atoms with Gasteiger partial charge in [-0.3, -0.25) is 0 Å². The molecular formula is C23H33N3O4S. The Morgan fingerprint density at radius 1 is 1.19 bits per heavy atom. The minimum atomic E-state index is -3.16. The Kier molecular flexibility index (Phi) is 6.55. The molecule has 0 N–H and O–H groups in total. The number of rotatable bonds is 9. The molecule has 2 unspecified atom stereocenters. The SMILES string of the molecule is CCS(=O)(=O)c1ccc(OCCC2CC2C2CCN(c3nc(C(C)C)no3)CC2)cc1. The van der Waals surface area contributed by atoms with E-state index >= 15 is 0 Å². The van der Waals surface area contributed by atoms with Gasteiger partial charge in [0.05, 0.1) is 17.3 Å². The maximum atomic E-state index is 11.9. The average Bonchev–Trinajstić information content (AvgIpc) is 3.37. The fourth-order valence-electron chi connectivity index (χ4n) is 4.53. The summed E-state index contributed by atoms with van der Waals surface area (Å²) < 4.78 is 35.1. The molecule has 7 nitrogen and oxygen atoms in total. The van der Waals surface area contributed by atoms with Gasteiger partial charge in [-0.25, -0.2) is 8.42 Å². The molecule has 1 aromatic carbocycles. The van der Waals surface area contributed by atoms with Gasteiger partial charge >= 0.3 is 6.01 Å². The highest BCUT2D eigenvalue weighted by Gasteiger charge is 2.43. The molecule has 1 aromatic heterocycles. The average molecular weight is 448 g/mol. The first-order valence-electron chi connectivity index (χ1n) is 11.4. The fraction of sp³-hybridized carbons (Fsp3) is 0.652. The second-order valence-electron chi connectivity index (χ2n) is 9.09. The Morgan fingerprint density at radius 2 is 1.90 bits per heavy atom. The predicted octanol–water partition coefficient (Wildman–Crippen LogP) is 4.31. The van der Waals surface area contributed by atoms with Crippen LogP contribution in [0.5, 0.6) is 5.75 Å². The van der Waals surface area contributed by atoms with Gasteiger partial charge in [-0.15, -0.1) is 0 Å². The lowest BCUT2D eigenvalue weighted by atomic mass is 9.90. The predicted molar refractivity (Wildman–Crippen MR) is 119 cm³/mol.